The molecule has 0 unspecified atom stereocenters. The van der Waals surface area contributed by atoms with E-state index in [1.54, 1.807) is 6.20 Å². The molecule has 1 saturated carbocycles. The highest BCUT2D eigenvalue weighted by molar-refractivity contribution is 6.33. The van der Waals surface area contributed by atoms with Crippen molar-refractivity contribution in [2.45, 2.75) is 64.5 Å². The lowest BCUT2D eigenvalue weighted by Crippen LogP contribution is -2.40. The molecule has 0 aliphatic heterocycles. The van der Waals surface area contributed by atoms with Gasteiger partial charge in [0, 0.05) is 24.7 Å². The molecule has 0 aromatic carbocycles. The average Bonchev–Trinajstić information content (AvgIpc) is 2.61. The molecule has 1 aromatic heterocycles. The van der Waals surface area contributed by atoms with Gasteiger partial charge in [-0.1, -0.05) is 17.7 Å². The summed E-state index contributed by atoms with van der Waals surface area (Å²) in [5, 5.41) is 3.45. The lowest BCUT2D eigenvalue weighted by molar-refractivity contribution is -0.120. The van der Waals surface area contributed by atoms with Crippen LogP contribution in [0, 0.1) is 5.92 Å². The molecule has 3 rings (SSSR count). The minimum absolute atomic E-state index is 0.0263. The molecule has 27 heavy (non-hydrogen) atoms. The molecule has 1 N–H and O–H groups in total. The van der Waals surface area contributed by atoms with E-state index in [-0.39, 0.29) is 18.1 Å². The van der Waals surface area contributed by atoms with Crippen molar-refractivity contribution in [3.63, 3.8) is 0 Å². The fourth-order valence-corrected chi connectivity index (χ4v) is 3.96. The van der Waals surface area contributed by atoms with Crippen LogP contribution in [0.15, 0.2) is 18.3 Å². The molecule has 6 heteroatoms. The maximum atomic E-state index is 11.0. The van der Waals surface area contributed by atoms with Gasteiger partial charge in [0.15, 0.2) is 0 Å². The second kappa shape index (κ2) is 9.56. The van der Waals surface area contributed by atoms with Gasteiger partial charge in [-0.25, -0.2) is 4.98 Å². The summed E-state index contributed by atoms with van der Waals surface area (Å²) in [6, 6.07) is 2.02. The SMILES string of the molecule is CC(=O)N[C@@H](C)COC1CC(COc2nccc(C3=CCCCC3)c2Cl)C1. The Morgan fingerprint density at radius 2 is 2.22 bits per heavy atom. The molecule has 1 heterocycles. The number of carbonyl (C=O) groups excluding carboxylic acids is 1. The highest BCUT2D eigenvalue weighted by Crippen LogP contribution is 2.36. The molecule has 1 fully saturated rings. The Hall–Kier alpha value is -1.59. The third kappa shape index (κ3) is 5.69. The summed E-state index contributed by atoms with van der Waals surface area (Å²) in [4.78, 5) is 15.3. The fraction of sp³-hybridized carbons (Fsp3) is 0.619. The first-order valence-corrected chi connectivity index (χ1v) is 10.3. The van der Waals surface area contributed by atoms with E-state index in [2.05, 4.69) is 16.4 Å². The van der Waals surface area contributed by atoms with Crippen LogP contribution in [0.4, 0.5) is 0 Å². The molecule has 1 amide bonds. The van der Waals surface area contributed by atoms with E-state index in [0.717, 1.165) is 31.2 Å². The van der Waals surface area contributed by atoms with E-state index < -0.39 is 0 Å². The molecule has 1 atom stereocenters. The second-order valence-corrected chi connectivity index (χ2v) is 8.04. The fourth-order valence-electron chi connectivity index (χ4n) is 3.67. The summed E-state index contributed by atoms with van der Waals surface area (Å²) in [6.07, 6.45) is 10.9. The first-order chi connectivity index (χ1) is 13.0. The Morgan fingerprint density at radius 3 is 2.93 bits per heavy atom. The highest BCUT2D eigenvalue weighted by atomic mass is 35.5. The number of hydrogen-bond acceptors (Lipinski definition) is 4. The maximum Gasteiger partial charge on any atom is 0.233 e. The van der Waals surface area contributed by atoms with Crippen molar-refractivity contribution in [3.8, 4) is 5.88 Å². The van der Waals surface area contributed by atoms with Gasteiger partial charge in [-0.15, -0.1) is 0 Å². The van der Waals surface area contributed by atoms with Crippen LogP contribution >= 0.6 is 11.6 Å². The van der Waals surface area contributed by atoms with Crippen LogP contribution in [0.2, 0.25) is 5.02 Å². The lowest BCUT2D eigenvalue weighted by atomic mass is 9.83. The van der Waals surface area contributed by atoms with Crippen LogP contribution in [0.1, 0.15) is 57.9 Å². The van der Waals surface area contributed by atoms with E-state index in [4.69, 9.17) is 21.1 Å². The number of allylic oxidation sites excluding steroid dienone is 2. The molecule has 1 aromatic rings. The van der Waals surface area contributed by atoms with Gasteiger partial charge in [0.05, 0.1) is 19.3 Å². The monoisotopic (exact) mass is 392 g/mol. The van der Waals surface area contributed by atoms with Gasteiger partial charge in [0.1, 0.15) is 5.02 Å². The van der Waals surface area contributed by atoms with Gasteiger partial charge in [0.25, 0.3) is 0 Å². The number of amides is 1. The zero-order chi connectivity index (χ0) is 19.2. The molecular formula is C21H29ClN2O3. The summed E-state index contributed by atoms with van der Waals surface area (Å²) in [6.45, 7) is 4.62. The van der Waals surface area contributed by atoms with Crippen molar-refractivity contribution in [2.75, 3.05) is 13.2 Å². The van der Waals surface area contributed by atoms with Crippen LogP contribution in [0.5, 0.6) is 5.88 Å². The van der Waals surface area contributed by atoms with Crippen molar-refractivity contribution >= 4 is 23.1 Å². The van der Waals surface area contributed by atoms with Crippen molar-refractivity contribution in [1.29, 1.82) is 0 Å². The number of rotatable bonds is 8. The van der Waals surface area contributed by atoms with Gasteiger partial charge in [-0.3, -0.25) is 4.79 Å². The quantitative estimate of drug-likeness (QED) is 0.712. The Kier molecular flexibility index (Phi) is 7.13. The second-order valence-electron chi connectivity index (χ2n) is 7.66. The Bertz CT molecular complexity index is 686. The van der Waals surface area contributed by atoms with Gasteiger partial charge < -0.3 is 14.8 Å². The van der Waals surface area contributed by atoms with Crippen LogP contribution < -0.4 is 10.1 Å². The number of carbonyl (C=O) groups is 1. The predicted molar refractivity (Wildman–Crippen MR) is 107 cm³/mol. The molecule has 148 valence electrons. The Labute approximate surface area is 166 Å². The molecule has 0 spiro atoms. The minimum atomic E-state index is -0.0263. The first-order valence-electron chi connectivity index (χ1n) is 9.88. The molecule has 2 aliphatic rings. The molecule has 0 bridgehead atoms. The van der Waals surface area contributed by atoms with E-state index in [0.29, 0.717) is 30.0 Å². The minimum Gasteiger partial charge on any atom is -0.476 e. The highest BCUT2D eigenvalue weighted by Gasteiger charge is 2.31. The van der Waals surface area contributed by atoms with Crippen molar-refractivity contribution in [3.05, 3.63) is 28.9 Å². The summed E-state index contributed by atoms with van der Waals surface area (Å²) < 4.78 is 11.7. The third-order valence-corrected chi connectivity index (χ3v) is 5.54. The molecule has 0 saturated heterocycles. The molecular weight excluding hydrogens is 364 g/mol. The van der Waals surface area contributed by atoms with Gasteiger partial charge in [0.2, 0.25) is 11.8 Å². The number of nitrogens with zero attached hydrogens (tertiary/aromatic N) is 1. The average molecular weight is 393 g/mol. The van der Waals surface area contributed by atoms with E-state index in [1.165, 1.54) is 25.3 Å². The standard InChI is InChI=1S/C21H29ClN2O3/c1-14(24-15(2)25)12-26-18-10-16(11-18)13-27-21-20(22)19(8-9-23-21)17-6-4-3-5-7-17/h6,8-9,14,16,18H,3-5,7,10-13H2,1-2H3,(H,24,25)/t14-,16?,18?/m0/s1. The van der Waals surface area contributed by atoms with E-state index in [9.17, 15) is 4.79 Å². The van der Waals surface area contributed by atoms with Crippen LogP contribution in [-0.2, 0) is 9.53 Å². The van der Waals surface area contributed by atoms with Crippen LogP contribution in [0.25, 0.3) is 5.57 Å². The summed E-state index contributed by atoms with van der Waals surface area (Å²) in [5.74, 6) is 0.965. The van der Waals surface area contributed by atoms with E-state index >= 15 is 0 Å². The van der Waals surface area contributed by atoms with Crippen LogP contribution in [-0.4, -0.2) is 36.3 Å². The topological polar surface area (TPSA) is 60.5 Å². The number of aromatic nitrogens is 1. The predicted octanol–water partition coefficient (Wildman–Crippen LogP) is 4.39. The van der Waals surface area contributed by atoms with Gasteiger partial charge in [-0.05, 0) is 63.0 Å². The molecule has 2 aliphatic carbocycles. The maximum absolute atomic E-state index is 11.0. The third-order valence-electron chi connectivity index (χ3n) is 5.17. The molecule has 0 radical (unpaired) electrons. The number of pyridine rings is 1. The van der Waals surface area contributed by atoms with Crippen molar-refractivity contribution < 1.29 is 14.3 Å². The molecule has 5 nitrogen and oxygen atoms in total. The zero-order valence-corrected chi connectivity index (χ0v) is 16.9. The lowest BCUT2D eigenvalue weighted by Gasteiger charge is -2.35. The summed E-state index contributed by atoms with van der Waals surface area (Å²) >= 11 is 6.55. The number of hydrogen-bond donors (Lipinski definition) is 1. The zero-order valence-electron chi connectivity index (χ0n) is 16.2. The number of nitrogens with one attached hydrogen (secondary N) is 1. The first kappa shape index (κ1) is 20.2. The van der Waals surface area contributed by atoms with Gasteiger partial charge >= 0.3 is 0 Å². The summed E-state index contributed by atoms with van der Waals surface area (Å²) in [5.41, 5.74) is 2.37. The normalized spacial score (nSPS) is 23.1. The van der Waals surface area contributed by atoms with Crippen LogP contribution in [0.3, 0.4) is 0 Å². The van der Waals surface area contributed by atoms with Gasteiger partial charge in [-0.2, -0.15) is 0 Å². The Morgan fingerprint density at radius 1 is 1.41 bits per heavy atom. The van der Waals surface area contributed by atoms with E-state index in [1.807, 2.05) is 13.0 Å². The van der Waals surface area contributed by atoms with Crippen molar-refractivity contribution in [2.24, 2.45) is 5.92 Å². The Balaban J connectivity index is 1.43. The number of ether oxygens (including phenoxy) is 2. The largest absolute Gasteiger partial charge is 0.476 e. The smallest absolute Gasteiger partial charge is 0.233 e. The van der Waals surface area contributed by atoms with Crippen molar-refractivity contribution in [1.82, 2.24) is 10.3 Å². The summed E-state index contributed by atoms with van der Waals surface area (Å²) in [7, 11) is 0. The number of halogens is 1.